The molecule has 0 aliphatic heterocycles. The topological polar surface area (TPSA) is 143 Å². The fourth-order valence-corrected chi connectivity index (χ4v) is 3.09. The van der Waals surface area contributed by atoms with Crippen molar-refractivity contribution in [1.82, 2.24) is 4.98 Å². The van der Waals surface area contributed by atoms with E-state index in [2.05, 4.69) is 15.0 Å². The number of pyridine rings is 1. The Morgan fingerprint density at radius 1 is 1.03 bits per heavy atom. The molecule has 2 aromatic carbocycles. The minimum Gasteiger partial charge on any atom is -0.486 e. The summed E-state index contributed by atoms with van der Waals surface area (Å²) in [6.07, 6.45) is 3.02. The van der Waals surface area contributed by atoms with Gasteiger partial charge in [-0.3, -0.25) is 19.9 Å². The molecule has 0 aliphatic carbocycles. The average Bonchev–Trinajstić information content (AvgIpc) is 3.37. The van der Waals surface area contributed by atoms with Crippen molar-refractivity contribution in [1.29, 1.82) is 0 Å². The van der Waals surface area contributed by atoms with Crippen LogP contribution < -0.4 is 14.8 Å². The van der Waals surface area contributed by atoms with Crippen molar-refractivity contribution in [2.75, 3.05) is 12.4 Å². The fourth-order valence-electron chi connectivity index (χ4n) is 3.09. The molecule has 0 fully saturated rings. The molecule has 0 spiro atoms. The zero-order valence-corrected chi connectivity index (χ0v) is 18.9. The molecule has 4 rings (SSSR count). The molecule has 1 amide bonds. The molecule has 2 heterocycles. The van der Waals surface area contributed by atoms with Gasteiger partial charge >= 0.3 is 5.97 Å². The minimum absolute atomic E-state index is 0.0177. The van der Waals surface area contributed by atoms with E-state index in [1.54, 1.807) is 48.7 Å². The van der Waals surface area contributed by atoms with Crippen molar-refractivity contribution in [3.05, 3.63) is 106 Å². The number of aromatic nitrogens is 1. The van der Waals surface area contributed by atoms with Crippen LogP contribution in [0.25, 0.3) is 0 Å². The summed E-state index contributed by atoms with van der Waals surface area (Å²) >= 11 is 0. The second-order valence-corrected chi connectivity index (χ2v) is 7.29. The third kappa shape index (κ3) is 6.03. The van der Waals surface area contributed by atoms with Crippen molar-refractivity contribution in [3.63, 3.8) is 0 Å². The number of hydrogen-bond donors (Lipinski definition) is 1. The second-order valence-electron chi connectivity index (χ2n) is 7.29. The van der Waals surface area contributed by atoms with E-state index in [4.69, 9.17) is 13.9 Å². The number of non-ortho nitro benzene ring substituents is 1. The number of amides is 1. The summed E-state index contributed by atoms with van der Waals surface area (Å²) in [4.78, 5) is 38.8. The number of nitrogens with one attached hydrogen (secondary N) is 1. The van der Waals surface area contributed by atoms with Gasteiger partial charge in [-0.25, -0.2) is 4.79 Å². The number of carbonyl (C=O) groups is 2. The van der Waals surface area contributed by atoms with Crippen LogP contribution in [0, 0.1) is 10.1 Å². The van der Waals surface area contributed by atoms with Crippen LogP contribution in [0.1, 0.15) is 26.7 Å². The van der Waals surface area contributed by atoms with E-state index in [0.29, 0.717) is 22.8 Å². The lowest BCUT2D eigenvalue weighted by molar-refractivity contribution is -0.384. The molecule has 11 nitrogen and oxygen atoms in total. The number of esters is 1. The van der Waals surface area contributed by atoms with Gasteiger partial charge in [-0.1, -0.05) is 0 Å². The molecule has 11 heteroatoms. The lowest BCUT2D eigenvalue weighted by Gasteiger charge is -2.08. The zero-order valence-electron chi connectivity index (χ0n) is 18.9. The Morgan fingerprint density at radius 3 is 2.53 bits per heavy atom. The maximum atomic E-state index is 12.7. The Kier molecular flexibility index (Phi) is 7.20. The molecule has 0 unspecified atom stereocenters. The highest BCUT2D eigenvalue weighted by Gasteiger charge is 2.16. The van der Waals surface area contributed by atoms with E-state index >= 15 is 0 Å². The van der Waals surface area contributed by atoms with Crippen LogP contribution in [-0.2, 0) is 11.3 Å². The summed E-state index contributed by atoms with van der Waals surface area (Å²) < 4.78 is 21.4. The van der Waals surface area contributed by atoms with Gasteiger partial charge in [-0.15, -0.1) is 0 Å². The Morgan fingerprint density at radius 2 is 1.83 bits per heavy atom. The predicted octanol–water partition coefficient (Wildman–Crippen LogP) is 4.99. The summed E-state index contributed by atoms with van der Waals surface area (Å²) in [7, 11) is 1.30. The first kappa shape index (κ1) is 24.0. The van der Waals surface area contributed by atoms with Crippen molar-refractivity contribution < 1.29 is 33.1 Å². The fraction of sp³-hybridized carbons (Fsp3) is 0.0800. The summed E-state index contributed by atoms with van der Waals surface area (Å²) in [5.74, 6) is 0.305. The number of nitro groups is 1. The first-order valence-corrected chi connectivity index (χ1v) is 10.5. The number of furan rings is 1. The van der Waals surface area contributed by atoms with Gasteiger partial charge in [0.15, 0.2) is 5.76 Å². The third-order valence-electron chi connectivity index (χ3n) is 4.77. The van der Waals surface area contributed by atoms with E-state index in [1.165, 1.54) is 37.6 Å². The number of hydrogen-bond acceptors (Lipinski definition) is 9. The van der Waals surface area contributed by atoms with Gasteiger partial charge in [0, 0.05) is 18.3 Å². The van der Waals surface area contributed by atoms with E-state index in [9.17, 15) is 19.7 Å². The summed E-state index contributed by atoms with van der Waals surface area (Å²) in [6, 6.07) is 16.6. The molecule has 1 N–H and O–H groups in total. The molecule has 0 radical (unpaired) electrons. The van der Waals surface area contributed by atoms with E-state index in [1.807, 2.05) is 0 Å². The molecule has 0 bridgehead atoms. The summed E-state index contributed by atoms with van der Waals surface area (Å²) in [6.45, 7) is 0.0325. The molecule has 0 aliphatic rings. The lowest BCUT2D eigenvalue weighted by atomic mass is 10.2. The molecule has 0 saturated carbocycles. The molecule has 0 atom stereocenters. The number of carbonyl (C=O) groups excluding carboxylic acids is 2. The van der Waals surface area contributed by atoms with Gasteiger partial charge in [0.1, 0.15) is 29.6 Å². The Bertz CT molecular complexity index is 1380. The van der Waals surface area contributed by atoms with Crippen LogP contribution in [0.3, 0.4) is 0 Å². The molecular formula is C25H19N3O8. The number of ether oxygens (including phenoxy) is 3. The van der Waals surface area contributed by atoms with Crippen molar-refractivity contribution in [2.45, 2.75) is 6.61 Å². The SMILES string of the molecule is COC(=O)c1ccc(OCc2ccc(C(=O)Nc3cc(Oc4cccnc4)cc([N+](=O)[O-])c3)o2)cc1. The molecule has 4 aromatic rings. The van der Waals surface area contributed by atoms with Crippen molar-refractivity contribution in [3.8, 4) is 17.2 Å². The molecular weight excluding hydrogens is 470 g/mol. The first-order chi connectivity index (χ1) is 17.4. The minimum atomic E-state index is -0.614. The highest BCUT2D eigenvalue weighted by atomic mass is 16.6. The molecule has 182 valence electrons. The van der Waals surface area contributed by atoms with Gasteiger partial charge < -0.3 is 23.9 Å². The number of benzene rings is 2. The summed E-state index contributed by atoms with van der Waals surface area (Å²) in [5.41, 5.74) is 0.267. The van der Waals surface area contributed by atoms with Crippen molar-refractivity contribution in [2.24, 2.45) is 0 Å². The average molecular weight is 489 g/mol. The van der Waals surface area contributed by atoms with Crippen LogP contribution in [0.15, 0.2) is 83.5 Å². The maximum Gasteiger partial charge on any atom is 0.337 e. The monoisotopic (exact) mass is 489 g/mol. The predicted molar refractivity (Wildman–Crippen MR) is 126 cm³/mol. The number of nitro benzene ring substituents is 1. The Labute approximate surface area is 204 Å². The van der Waals surface area contributed by atoms with E-state index in [0.717, 1.165) is 0 Å². The highest BCUT2D eigenvalue weighted by Crippen LogP contribution is 2.30. The van der Waals surface area contributed by atoms with Gasteiger partial charge in [-0.2, -0.15) is 0 Å². The Balaban J connectivity index is 1.41. The van der Waals surface area contributed by atoms with Crippen LogP contribution in [-0.4, -0.2) is 28.9 Å². The molecule has 2 aromatic heterocycles. The third-order valence-corrected chi connectivity index (χ3v) is 4.77. The quantitative estimate of drug-likeness (QED) is 0.195. The largest absolute Gasteiger partial charge is 0.486 e. The van der Waals surface area contributed by atoms with E-state index < -0.39 is 16.8 Å². The number of nitrogens with zero attached hydrogens (tertiary/aromatic N) is 2. The first-order valence-electron chi connectivity index (χ1n) is 10.5. The van der Waals surface area contributed by atoms with Crippen LogP contribution in [0.2, 0.25) is 0 Å². The van der Waals surface area contributed by atoms with Crippen LogP contribution >= 0.6 is 0 Å². The maximum absolute atomic E-state index is 12.7. The number of methoxy groups -OCH3 is 1. The van der Waals surface area contributed by atoms with E-state index in [-0.39, 0.29) is 29.5 Å². The summed E-state index contributed by atoms with van der Waals surface area (Å²) in [5, 5.41) is 13.9. The Hall–Kier alpha value is -5.19. The van der Waals surface area contributed by atoms with Crippen molar-refractivity contribution >= 4 is 23.3 Å². The van der Waals surface area contributed by atoms with Crippen LogP contribution in [0.4, 0.5) is 11.4 Å². The van der Waals surface area contributed by atoms with Gasteiger partial charge in [-0.05, 0) is 48.5 Å². The zero-order chi connectivity index (χ0) is 25.5. The van der Waals surface area contributed by atoms with Gasteiger partial charge in [0.2, 0.25) is 0 Å². The normalized spacial score (nSPS) is 10.4. The second kappa shape index (κ2) is 10.8. The number of anilines is 1. The molecule has 36 heavy (non-hydrogen) atoms. The molecule has 0 saturated heterocycles. The van der Waals surface area contributed by atoms with Crippen LogP contribution in [0.5, 0.6) is 17.2 Å². The highest BCUT2D eigenvalue weighted by molar-refractivity contribution is 6.02. The number of rotatable bonds is 9. The standard InChI is InChI=1S/C25H19N3O8/c1-33-25(30)16-4-6-19(7-5-16)34-15-21-8-9-23(36-21)24(29)27-17-11-18(28(31)32)13-22(12-17)35-20-3-2-10-26-14-20/h2-14H,15H2,1H3,(H,27,29). The smallest absolute Gasteiger partial charge is 0.337 e. The van der Waals surface area contributed by atoms with Gasteiger partial charge in [0.05, 0.1) is 35.5 Å². The van der Waals surface area contributed by atoms with Gasteiger partial charge in [0.25, 0.3) is 11.6 Å². The lowest BCUT2D eigenvalue weighted by Crippen LogP contribution is -2.11.